The molecule has 0 aliphatic carbocycles. The number of hydrogen-bond acceptors (Lipinski definition) is 4. The minimum atomic E-state index is 0.482. The highest BCUT2D eigenvalue weighted by atomic mass is 79.9. The number of anilines is 1. The van der Waals surface area contributed by atoms with Crippen molar-refractivity contribution in [3.8, 4) is 0 Å². The van der Waals surface area contributed by atoms with Gasteiger partial charge in [0.1, 0.15) is 0 Å². The molecule has 0 saturated heterocycles. The molecular formula is C14H15BrN4S. The molecule has 0 radical (unpaired) electrons. The standard InChI is InChI=1S/C14H15BrN4S/c1-18(9-10-3-2-4-11(15)7-10)13-12(8-16)19-5-6-20-14(19)17-13/h2-7H,8-9,16H2,1H3. The monoisotopic (exact) mass is 350 g/mol. The van der Waals surface area contributed by atoms with E-state index in [1.54, 1.807) is 11.3 Å². The molecule has 0 bridgehead atoms. The Morgan fingerprint density at radius 2 is 2.30 bits per heavy atom. The minimum absolute atomic E-state index is 0.482. The van der Waals surface area contributed by atoms with Gasteiger partial charge in [0.2, 0.25) is 0 Å². The zero-order valence-corrected chi connectivity index (χ0v) is 13.5. The Hall–Kier alpha value is -1.37. The molecule has 4 nitrogen and oxygen atoms in total. The summed E-state index contributed by atoms with van der Waals surface area (Å²) >= 11 is 5.13. The highest BCUT2D eigenvalue weighted by molar-refractivity contribution is 9.10. The van der Waals surface area contributed by atoms with Crippen molar-refractivity contribution < 1.29 is 0 Å². The summed E-state index contributed by atoms with van der Waals surface area (Å²) in [7, 11) is 2.05. The van der Waals surface area contributed by atoms with Crippen LogP contribution in [-0.4, -0.2) is 16.4 Å². The quantitative estimate of drug-likeness (QED) is 0.785. The lowest BCUT2D eigenvalue weighted by molar-refractivity contribution is 0.873. The van der Waals surface area contributed by atoms with Gasteiger partial charge in [0.25, 0.3) is 0 Å². The van der Waals surface area contributed by atoms with E-state index < -0.39 is 0 Å². The van der Waals surface area contributed by atoms with Crippen molar-refractivity contribution in [2.45, 2.75) is 13.1 Å². The number of nitrogens with zero attached hydrogens (tertiary/aromatic N) is 3. The molecule has 6 heteroatoms. The fourth-order valence-electron chi connectivity index (χ4n) is 2.30. The average molecular weight is 351 g/mol. The molecule has 1 aromatic carbocycles. The molecule has 2 N–H and O–H groups in total. The first-order chi connectivity index (χ1) is 9.69. The second kappa shape index (κ2) is 5.55. The van der Waals surface area contributed by atoms with E-state index in [4.69, 9.17) is 5.73 Å². The fraction of sp³-hybridized carbons (Fsp3) is 0.214. The Kier molecular flexibility index (Phi) is 3.78. The van der Waals surface area contributed by atoms with Crippen molar-refractivity contribution in [1.29, 1.82) is 0 Å². The Labute approximate surface area is 130 Å². The topological polar surface area (TPSA) is 46.6 Å². The molecule has 20 heavy (non-hydrogen) atoms. The zero-order valence-electron chi connectivity index (χ0n) is 11.1. The first-order valence-corrected chi connectivity index (χ1v) is 7.96. The van der Waals surface area contributed by atoms with Gasteiger partial charge >= 0.3 is 0 Å². The minimum Gasteiger partial charge on any atom is -0.354 e. The predicted octanol–water partition coefficient (Wildman–Crippen LogP) is 3.25. The molecule has 0 amide bonds. The average Bonchev–Trinajstić information content (AvgIpc) is 2.98. The third kappa shape index (κ3) is 2.46. The maximum absolute atomic E-state index is 5.89. The van der Waals surface area contributed by atoms with Crippen molar-refractivity contribution >= 4 is 38.0 Å². The number of hydrogen-bond donors (Lipinski definition) is 1. The Morgan fingerprint density at radius 1 is 1.45 bits per heavy atom. The van der Waals surface area contributed by atoms with Crippen LogP contribution in [0, 0.1) is 0 Å². The van der Waals surface area contributed by atoms with Gasteiger partial charge in [-0.25, -0.2) is 4.98 Å². The lowest BCUT2D eigenvalue weighted by Crippen LogP contribution is -2.19. The number of fused-ring (bicyclic) bond motifs is 1. The van der Waals surface area contributed by atoms with Crippen LogP contribution in [0.1, 0.15) is 11.3 Å². The second-order valence-electron chi connectivity index (χ2n) is 4.63. The van der Waals surface area contributed by atoms with Gasteiger partial charge in [-0.15, -0.1) is 11.3 Å². The Balaban J connectivity index is 1.92. The summed E-state index contributed by atoms with van der Waals surface area (Å²) in [4.78, 5) is 7.81. The molecule has 0 atom stereocenters. The van der Waals surface area contributed by atoms with E-state index in [1.807, 2.05) is 30.8 Å². The van der Waals surface area contributed by atoms with Gasteiger partial charge in [-0.2, -0.15) is 0 Å². The normalized spacial score (nSPS) is 11.2. The first-order valence-electron chi connectivity index (χ1n) is 6.29. The van der Waals surface area contributed by atoms with Gasteiger partial charge in [0.15, 0.2) is 10.8 Å². The maximum Gasteiger partial charge on any atom is 0.195 e. The summed E-state index contributed by atoms with van der Waals surface area (Å²) in [6.45, 7) is 1.29. The molecule has 0 aliphatic heterocycles. The highest BCUT2D eigenvalue weighted by Crippen LogP contribution is 2.25. The predicted molar refractivity (Wildman–Crippen MR) is 87.2 cm³/mol. The fourth-order valence-corrected chi connectivity index (χ4v) is 3.48. The molecule has 2 heterocycles. The van der Waals surface area contributed by atoms with E-state index >= 15 is 0 Å². The molecule has 0 spiro atoms. The molecule has 2 aromatic heterocycles. The van der Waals surface area contributed by atoms with Gasteiger partial charge < -0.3 is 10.6 Å². The van der Waals surface area contributed by atoms with Crippen molar-refractivity contribution in [2.24, 2.45) is 5.73 Å². The maximum atomic E-state index is 5.89. The van der Waals surface area contributed by atoms with E-state index in [-0.39, 0.29) is 0 Å². The molecule has 3 aromatic rings. The van der Waals surface area contributed by atoms with E-state index in [0.29, 0.717) is 6.54 Å². The summed E-state index contributed by atoms with van der Waals surface area (Å²) in [5.41, 5.74) is 8.18. The van der Waals surface area contributed by atoms with Crippen LogP contribution in [0.25, 0.3) is 4.96 Å². The lowest BCUT2D eigenvalue weighted by atomic mass is 10.2. The third-order valence-corrected chi connectivity index (χ3v) is 4.45. The number of aromatic nitrogens is 2. The van der Waals surface area contributed by atoms with E-state index in [9.17, 15) is 0 Å². The largest absolute Gasteiger partial charge is 0.354 e. The second-order valence-corrected chi connectivity index (χ2v) is 6.42. The smallest absolute Gasteiger partial charge is 0.195 e. The SMILES string of the molecule is CN(Cc1cccc(Br)c1)c1nc2sccn2c1CN. The van der Waals surface area contributed by atoms with Crippen molar-refractivity contribution in [1.82, 2.24) is 9.38 Å². The molecule has 3 rings (SSSR count). The summed E-state index contributed by atoms with van der Waals surface area (Å²) in [5.74, 6) is 0.958. The van der Waals surface area contributed by atoms with Gasteiger partial charge in [-0.3, -0.25) is 4.40 Å². The van der Waals surface area contributed by atoms with Gasteiger partial charge in [-0.1, -0.05) is 28.1 Å². The number of imidazole rings is 1. The van der Waals surface area contributed by atoms with Crippen LogP contribution in [-0.2, 0) is 13.1 Å². The van der Waals surface area contributed by atoms with E-state index in [2.05, 4.69) is 42.3 Å². The van der Waals surface area contributed by atoms with Crippen LogP contribution in [0.2, 0.25) is 0 Å². The number of halogens is 1. The van der Waals surface area contributed by atoms with Gasteiger partial charge in [-0.05, 0) is 17.7 Å². The summed E-state index contributed by atoms with van der Waals surface area (Å²) in [6, 6.07) is 8.31. The number of rotatable bonds is 4. The number of thiazole rings is 1. The van der Waals surface area contributed by atoms with Crippen LogP contribution >= 0.6 is 27.3 Å². The van der Waals surface area contributed by atoms with Gasteiger partial charge in [0.05, 0.1) is 5.69 Å². The molecule has 0 fully saturated rings. The Bertz CT molecular complexity index is 734. The zero-order chi connectivity index (χ0) is 14.1. The number of benzene rings is 1. The van der Waals surface area contributed by atoms with E-state index in [0.717, 1.165) is 27.5 Å². The summed E-state index contributed by atoms with van der Waals surface area (Å²) in [6.07, 6.45) is 2.02. The summed E-state index contributed by atoms with van der Waals surface area (Å²) in [5, 5.41) is 2.03. The summed E-state index contributed by atoms with van der Waals surface area (Å²) < 4.78 is 3.16. The van der Waals surface area contributed by atoms with Crippen LogP contribution in [0.4, 0.5) is 5.82 Å². The van der Waals surface area contributed by atoms with Crippen LogP contribution in [0.5, 0.6) is 0 Å². The molecule has 0 unspecified atom stereocenters. The van der Waals surface area contributed by atoms with Crippen molar-refractivity contribution in [2.75, 3.05) is 11.9 Å². The van der Waals surface area contributed by atoms with Crippen molar-refractivity contribution in [3.05, 3.63) is 51.6 Å². The van der Waals surface area contributed by atoms with Gasteiger partial charge in [0, 0.05) is 36.2 Å². The lowest BCUT2D eigenvalue weighted by Gasteiger charge is -2.18. The number of nitrogens with two attached hydrogens (primary N) is 1. The Morgan fingerprint density at radius 3 is 3.05 bits per heavy atom. The van der Waals surface area contributed by atoms with Crippen LogP contribution in [0.3, 0.4) is 0 Å². The highest BCUT2D eigenvalue weighted by Gasteiger charge is 2.15. The van der Waals surface area contributed by atoms with E-state index in [1.165, 1.54) is 5.56 Å². The first kappa shape index (κ1) is 13.6. The van der Waals surface area contributed by atoms with Crippen LogP contribution in [0.15, 0.2) is 40.3 Å². The molecule has 0 saturated carbocycles. The third-order valence-electron chi connectivity index (χ3n) is 3.20. The molecule has 0 aliphatic rings. The molecule has 104 valence electrons. The molecular weight excluding hydrogens is 336 g/mol. The van der Waals surface area contributed by atoms with Crippen molar-refractivity contribution in [3.63, 3.8) is 0 Å². The van der Waals surface area contributed by atoms with Crippen LogP contribution < -0.4 is 10.6 Å².